The molecule has 3 atom stereocenters. The molecule has 0 radical (unpaired) electrons. The minimum atomic E-state index is -2.05. The van der Waals surface area contributed by atoms with E-state index in [0.717, 1.165) is 5.56 Å². The van der Waals surface area contributed by atoms with Crippen LogP contribution in [-0.4, -0.2) is 64.6 Å². The number of rotatable bonds is 9. The lowest BCUT2D eigenvalue weighted by atomic mass is 10.1. The van der Waals surface area contributed by atoms with Crippen molar-refractivity contribution in [1.29, 1.82) is 0 Å². The van der Waals surface area contributed by atoms with Gasteiger partial charge in [0.25, 0.3) is 0 Å². The second-order valence-corrected chi connectivity index (χ2v) is 24.4. The molecule has 0 aromatic heterocycles. The molecule has 0 saturated carbocycles. The predicted molar refractivity (Wildman–Crippen MR) is 162 cm³/mol. The molecular formula is C30H55NO5Si2. The van der Waals surface area contributed by atoms with Gasteiger partial charge < -0.3 is 18.3 Å². The van der Waals surface area contributed by atoms with Crippen LogP contribution in [0.3, 0.4) is 0 Å². The number of amides is 1. The van der Waals surface area contributed by atoms with Gasteiger partial charge in [0.2, 0.25) is 0 Å². The van der Waals surface area contributed by atoms with Crippen molar-refractivity contribution in [3.05, 3.63) is 35.9 Å². The van der Waals surface area contributed by atoms with Crippen molar-refractivity contribution in [3.8, 4) is 0 Å². The zero-order chi connectivity index (χ0) is 29.2. The van der Waals surface area contributed by atoms with Crippen LogP contribution >= 0.6 is 0 Å². The van der Waals surface area contributed by atoms with Crippen molar-refractivity contribution in [2.75, 3.05) is 13.2 Å². The number of hydrogen-bond donors (Lipinski definition) is 0. The summed E-state index contributed by atoms with van der Waals surface area (Å²) in [5.74, 6) is 0. The van der Waals surface area contributed by atoms with Crippen molar-refractivity contribution >= 4 is 22.7 Å². The van der Waals surface area contributed by atoms with E-state index in [1.54, 1.807) is 0 Å². The second-order valence-electron chi connectivity index (χ2n) is 14.8. The number of carbonyl (C=O) groups excluding carboxylic acids is 1. The maximum absolute atomic E-state index is 13.7. The van der Waals surface area contributed by atoms with Crippen molar-refractivity contribution < 1.29 is 23.1 Å². The van der Waals surface area contributed by atoms with Gasteiger partial charge in [-0.15, -0.1) is 0 Å². The Morgan fingerprint density at radius 3 is 1.82 bits per heavy atom. The summed E-state index contributed by atoms with van der Waals surface area (Å²) in [7, 11) is -4.07. The topological polar surface area (TPSA) is 57.2 Å². The van der Waals surface area contributed by atoms with Crippen molar-refractivity contribution in [3.63, 3.8) is 0 Å². The molecule has 38 heavy (non-hydrogen) atoms. The third kappa shape index (κ3) is 8.91. The second kappa shape index (κ2) is 12.1. The van der Waals surface area contributed by atoms with Gasteiger partial charge in [-0.2, -0.15) is 0 Å². The average Bonchev–Trinajstić information content (AvgIpc) is 3.10. The number of likely N-dealkylation sites (tertiary alicyclic amines) is 1. The monoisotopic (exact) mass is 565 g/mol. The first kappa shape index (κ1) is 33.0. The van der Waals surface area contributed by atoms with Gasteiger partial charge in [0.15, 0.2) is 16.6 Å². The van der Waals surface area contributed by atoms with E-state index in [9.17, 15) is 4.79 Å². The molecule has 2 rings (SSSR count). The molecule has 1 aliphatic heterocycles. The molecule has 0 aliphatic carbocycles. The van der Waals surface area contributed by atoms with E-state index < -0.39 is 22.2 Å². The standard InChI is InChI=1S/C30H55NO5Si2/c1-28(2,3)36-27(32)31-24(21-34-37(10,11)29(4,5)6)19-26(33-20-23-17-15-14-16-18-23)25(31)22-35-38(12,13)30(7,8)9/h14-18,24-26H,19-22H2,1-13H3/t24-,25-,26?/m1/s1. The van der Waals surface area contributed by atoms with Crippen LogP contribution < -0.4 is 0 Å². The number of nitrogens with zero attached hydrogens (tertiary/aromatic N) is 1. The Morgan fingerprint density at radius 1 is 0.842 bits per heavy atom. The Morgan fingerprint density at radius 2 is 1.34 bits per heavy atom. The smallest absolute Gasteiger partial charge is 0.411 e. The number of ether oxygens (including phenoxy) is 2. The van der Waals surface area contributed by atoms with Crippen LogP contribution in [0.1, 0.15) is 74.3 Å². The van der Waals surface area contributed by atoms with Crippen molar-refractivity contribution in [1.82, 2.24) is 4.90 Å². The van der Waals surface area contributed by atoms with Gasteiger partial charge in [0.1, 0.15) is 5.60 Å². The summed E-state index contributed by atoms with van der Waals surface area (Å²) in [6, 6.07) is 9.79. The molecule has 0 N–H and O–H groups in total. The SMILES string of the molecule is CC(C)(C)OC(=O)N1[C@@H](CO[Si](C)(C)C(C)(C)C)CC(OCc2ccccc2)[C@H]1CO[Si](C)(C)C(C)(C)C. The summed E-state index contributed by atoms with van der Waals surface area (Å²) in [6.45, 7) is 29.5. The van der Waals surface area contributed by atoms with Crippen LogP contribution in [0.4, 0.5) is 4.79 Å². The normalized spacial score (nSPS) is 21.6. The van der Waals surface area contributed by atoms with Crippen LogP contribution in [0.15, 0.2) is 30.3 Å². The molecule has 0 spiro atoms. The average molecular weight is 566 g/mol. The molecule has 1 aromatic rings. The van der Waals surface area contributed by atoms with Crippen LogP contribution in [-0.2, 0) is 24.9 Å². The number of carbonyl (C=O) groups is 1. The Hall–Kier alpha value is -1.20. The first-order chi connectivity index (χ1) is 17.1. The Balaban J connectivity index is 2.38. The molecule has 8 heteroatoms. The maximum atomic E-state index is 13.7. The molecule has 1 saturated heterocycles. The van der Waals surface area contributed by atoms with Gasteiger partial charge in [-0.3, -0.25) is 4.90 Å². The highest BCUT2D eigenvalue weighted by Gasteiger charge is 2.49. The van der Waals surface area contributed by atoms with E-state index in [1.807, 2.05) is 43.9 Å². The fourth-order valence-electron chi connectivity index (χ4n) is 3.91. The molecule has 1 aromatic carbocycles. The van der Waals surface area contributed by atoms with E-state index in [1.165, 1.54) is 0 Å². The molecule has 1 aliphatic rings. The summed E-state index contributed by atoms with van der Waals surface area (Å²) in [4.78, 5) is 15.6. The van der Waals surface area contributed by atoms with E-state index in [2.05, 4.69) is 79.9 Å². The fraction of sp³-hybridized carbons (Fsp3) is 0.767. The summed E-state index contributed by atoms with van der Waals surface area (Å²) in [5, 5.41) is 0.143. The third-order valence-electron chi connectivity index (χ3n) is 8.46. The molecule has 1 amide bonds. The van der Waals surface area contributed by atoms with Gasteiger partial charge in [0.05, 0.1) is 38.0 Å². The van der Waals surface area contributed by atoms with E-state index in [4.69, 9.17) is 18.3 Å². The van der Waals surface area contributed by atoms with Gasteiger partial charge in [-0.1, -0.05) is 71.9 Å². The highest BCUT2D eigenvalue weighted by Crippen LogP contribution is 2.40. The highest BCUT2D eigenvalue weighted by atomic mass is 28.4. The van der Waals surface area contributed by atoms with Gasteiger partial charge >= 0.3 is 6.09 Å². The lowest BCUT2D eigenvalue weighted by molar-refractivity contribution is -0.0205. The largest absolute Gasteiger partial charge is 0.444 e. The Kier molecular flexibility index (Phi) is 10.5. The van der Waals surface area contributed by atoms with Gasteiger partial charge in [-0.25, -0.2) is 4.79 Å². The zero-order valence-electron chi connectivity index (χ0n) is 26.4. The third-order valence-corrected chi connectivity index (χ3v) is 17.5. The number of hydrogen-bond acceptors (Lipinski definition) is 5. The molecule has 1 heterocycles. The Labute approximate surface area is 235 Å². The zero-order valence-corrected chi connectivity index (χ0v) is 28.4. The lowest BCUT2D eigenvalue weighted by Crippen LogP contribution is -2.52. The summed E-state index contributed by atoms with van der Waals surface area (Å²) in [6.07, 6.45) is 0.183. The summed E-state index contributed by atoms with van der Waals surface area (Å²) >= 11 is 0. The van der Waals surface area contributed by atoms with Crippen molar-refractivity contribution in [2.24, 2.45) is 0 Å². The minimum Gasteiger partial charge on any atom is -0.444 e. The molecular weight excluding hydrogens is 511 g/mol. The number of benzene rings is 1. The minimum absolute atomic E-state index is 0.0631. The fourth-order valence-corrected chi connectivity index (χ4v) is 5.97. The van der Waals surface area contributed by atoms with Gasteiger partial charge in [0, 0.05) is 0 Å². The first-order valence-corrected chi connectivity index (χ1v) is 19.9. The summed E-state index contributed by atoms with van der Waals surface area (Å²) < 4.78 is 25.8. The molecule has 6 nitrogen and oxygen atoms in total. The van der Waals surface area contributed by atoms with Crippen LogP contribution in [0.2, 0.25) is 36.3 Å². The van der Waals surface area contributed by atoms with E-state index in [0.29, 0.717) is 26.2 Å². The molecule has 1 unspecified atom stereocenters. The summed E-state index contributed by atoms with van der Waals surface area (Å²) in [5.41, 5.74) is 0.511. The molecule has 1 fully saturated rings. The van der Waals surface area contributed by atoms with E-state index >= 15 is 0 Å². The first-order valence-electron chi connectivity index (χ1n) is 14.1. The highest BCUT2D eigenvalue weighted by molar-refractivity contribution is 6.74. The van der Waals surface area contributed by atoms with E-state index in [-0.39, 0.29) is 34.4 Å². The van der Waals surface area contributed by atoms with Crippen LogP contribution in [0, 0.1) is 0 Å². The maximum Gasteiger partial charge on any atom is 0.411 e. The molecule has 0 bridgehead atoms. The van der Waals surface area contributed by atoms with Crippen LogP contribution in [0.25, 0.3) is 0 Å². The predicted octanol–water partition coefficient (Wildman–Crippen LogP) is 7.99. The van der Waals surface area contributed by atoms with Crippen molar-refractivity contribution in [2.45, 2.75) is 135 Å². The van der Waals surface area contributed by atoms with Gasteiger partial charge in [-0.05, 0) is 69.0 Å². The lowest BCUT2D eigenvalue weighted by Gasteiger charge is -2.40. The van der Waals surface area contributed by atoms with Crippen LogP contribution in [0.5, 0.6) is 0 Å². The molecule has 218 valence electrons. The quantitative estimate of drug-likeness (QED) is 0.284. The Bertz CT molecular complexity index is 900.